The molecule has 4 aromatic rings. The minimum atomic E-state index is 0.682. The summed E-state index contributed by atoms with van der Waals surface area (Å²) in [5.74, 6) is 0.682. The Morgan fingerprint density at radius 1 is 0.577 bits per heavy atom. The standard InChI is InChI=1S/C22H18N4/c1-26(20-11-7-18(8-12-20)17-5-3-2-4-6-17)21-13-9-19(10-14-21)22-24-15-23-16-25-22/h2-16H,1H3. The van der Waals surface area contributed by atoms with Gasteiger partial charge >= 0.3 is 0 Å². The lowest BCUT2D eigenvalue weighted by atomic mass is 10.1. The lowest BCUT2D eigenvalue weighted by Crippen LogP contribution is -2.09. The summed E-state index contributed by atoms with van der Waals surface area (Å²) in [6, 6.07) is 27.2. The molecule has 0 spiro atoms. The van der Waals surface area contributed by atoms with Gasteiger partial charge in [-0.2, -0.15) is 0 Å². The zero-order chi connectivity index (χ0) is 17.8. The Balaban J connectivity index is 1.55. The third-order valence-electron chi connectivity index (χ3n) is 4.37. The molecule has 0 saturated carbocycles. The van der Waals surface area contributed by atoms with Gasteiger partial charge < -0.3 is 4.90 Å². The summed E-state index contributed by atoms with van der Waals surface area (Å²) >= 11 is 0. The second kappa shape index (κ2) is 7.15. The lowest BCUT2D eigenvalue weighted by molar-refractivity contribution is 1.06. The van der Waals surface area contributed by atoms with Crippen molar-refractivity contribution >= 4 is 11.4 Å². The Morgan fingerprint density at radius 3 is 1.65 bits per heavy atom. The molecule has 0 fully saturated rings. The smallest absolute Gasteiger partial charge is 0.162 e. The highest BCUT2D eigenvalue weighted by molar-refractivity contribution is 5.70. The molecule has 0 radical (unpaired) electrons. The van der Waals surface area contributed by atoms with E-state index in [-0.39, 0.29) is 0 Å². The largest absolute Gasteiger partial charge is 0.345 e. The number of nitrogens with zero attached hydrogens (tertiary/aromatic N) is 4. The highest BCUT2D eigenvalue weighted by Gasteiger charge is 2.06. The zero-order valence-electron chi connectivity index (χ0n) is 14.4. The first-order valence-corrected chi connectivity index (χ1v) is 8.43. The minimum absolute atomic E-state index is 0.682. The van der Waals surface area contributed by atoms with Crippen molar-refractivity contribution in [2.45, 2.75) is 0 Å². The Bertz CT molecular complexity index is 883. The van der Waals surface area contributed by atoms with Gasteiger partial charge in [-0.3, -0.25) is 0 Å². The molecule has 1 heterocycles. The van der Waals surface area contributed by atoms with Crippen LogP contribution in [-0.4, -0.2) is 22.0 Å². The van der Waals surface area contributed by atoms with Gasteiger partial charge in [-0.25, -0.2) is 15.0 Å². The number of hydrogen-bond acceptors (Lipinski definition) is 4. The molecule has 1 aromatic heterocycles. The molecule has 0 bridgehead atoms. The van der Waals surface area contributed by atoms with E-state index in [2.05, 4.69) is 87.6 Å². The van der Waals surface area contributed by atoms with Crippen molar-refractivity contribution in [3.63, 3.8) is 0 Å². The molecule has 0 aliphatic carbocycles. The summed E-state index contributed by atoms with van der Waals surface area (Å²) in [5.41, 5.74) is 5.66. The zero-order valence-corrected chi connectivity index (χ0v) is 14.4. The van der Waals surface area contributed by atoms with E-state index in [1.165, 1.54) is 23.8 Å². The highest BCUT2D eigenvalue weighted by atomic mass is 15.1. The van der Waals surface area contributed by atoms with E-state index in [1.807, 2.05) is 18.2 Å². The monoisotopic (exact) mass is 338 g/mol. The summed E-state index contributed by atoms with van der Waals surface area (Å²) < 4.78 is 0. The predicted octanol–water partition coefficient (Wildman–Crippen LogP) is 4.97. The topological polar surface area (TPSA) is 41.9 Å². The van der Waals surface area contributed by atoms with Crippen LogP contribution < -0.4 is 4.90 Å². The van der Waals surface area contributed by atoms with Crippen LogP contribution in [0.5, 0.6) is 0 Å². The fraction of sp³-hybridized carbons (Fsp3) is 0.0455. The molecule has 3 aromatic carbocycles. The van der Waals surface area contributed by atoms with Crippen LogP contribution in [0, 0.1) is 0 Å². The molecule has 0 aliphatic heterocycles. The molecule has 0 amide bonds. The normalized spacial score (nSPS) is 10.5. The average molecular weight is 338 g/mol. The maximum Gasteiger partial charge on any atom is 0.162 e. The summed E-state index contributed by atoms with van der Waals surface area (Å²) in [6.45, 7) is 0. The van der Waals surface area contributed by atoms with Crippen LogP contribution in [0.3, 0.4) is 0 Å². The van der Waals surface area contributed by atoms with Crippen LogP contribution in [0.25, 0.3) is 22.5 Å². The second-order valence-corrected chi connectivity index (χ2v) is 5.98. The Labute approximate surface area is 152 Å². The van der Waals surface area contributed by atoms with E-state index in [0.29, 0.717) is 5.82 Å². The first-order chi connectivity index (χ1) is 12.8. The van der Waals surface area contributed by atoms with Crippen molar-refractivity contribution in [1.82, 2.24) is 15.0 Å². The van der Waals surface area contributed by atoms with E-state index >= 15 is 0 Å². The van der Waals surface area contributed by atoms with Gasteiger partial charge in [0.15, 0.2) is 5.82 Å². The van der Waals surface area contributed by atoms with E-state index in [0.717, 1.165) is 16.9 Å². The molecular weight excluding hydrogens is 320 g/mol. The molecule has 4 rings (SSSR count). The van der Waals surface area contributed by atoms with Gasteiger partial charge in [0.1, 0.15) is 12.7 Å². The van der Waals surface area contributed by atoms with E-state index < -0.39 is 0 Å². The van der Waals surface area contributed by atoms with E-state index in [4.69, 9.17) is 0 Å². The maximum atomic E-state index is 4.18. The Hall–Kier alpha value is -3.53. The van der Waals surface area contributed by atoms with Crippen molar-refractivity contribution in [3.05, 3.63) is 91.5 Å². The third-order valence-corrected chi connectivity index (χ3v) is 4.37. The summed E-state index contributed by atoms with van der Waals surface area (Å²) in [5, 5.41) is 0. The highest BCUT2D eigenvalue weighted by Crippen LogP contribution is 2.28. The van der Waals surface area contributed by atoms with Crippen molar-refractivity contribution in [2.75, 3.05) is 11.9 Å². The number of rotatable bonds is 4. The fourth-order valence-electron chi connectivity index (χ4n) is 2.88. The molecular formula is C22H18N4. The number of benzene rings is 3. The van der Waals surface area contributed by atoms with Gasteiger partial charge in [0.25, 0.3) is 0 Å². The van der Waals surface area contributed by atoms with Crippen molar-refractivity contribution in [2.24, 2.45) is 0 Å². The van der Waals surface area contributed by atoms with Crippen LogP contribution in [0.15, 0.2) is 91.5 Å². The quantitative estimate of drug-likeness (QED) is 0.527. The van der Waals surface area contributed by atoms with Gasteiger partial charge in [0.05, 0.1) is 0 Å². The van der Waals surface area contributed by atoms with Crippen LogP contribution >= 0.6 is 0 Å². The summed E-state index contributed by atoms with van der Waals surface area (Å²) in [6.07, 6.45) is 3.02. The molecule has 0 saturated heterocycles. The van der Waals surface area contributed by atoms with Gasteiger partial charge in [-0.05, 0) is 47.5 Å². The number of hydrogen-bond donors (Lipinski definition) is 0. The number of anilines is 2. The molecule has 4 nitrogen and oxygen atoms in total. The van der Waals surface area contributed by atoms with Gasteiger partial charge in [0, 0.05) is 24.0 Å². The number of aromatic nitrogens is 3. The van der Waals surface area contributed by atoms with Gasteiger partial charge in [-0.15, -0.1) is 0 Å². The van der Waals surface area contributed by atoms with E-state index in [9.17, 15) is 0 Å². The summed E-state index contributed by atoms with van der Waals surface area (Å²) in [4.78, 5) is 14.4. The van der Waals surface area contributed by atoms with Gasteiger partial charge in [-0.1, -0.05) is 42.5 Å². The molecule has 126 valence electrons. The van der Waals surface area contributed by atoms with E-state index in [1.54, 1.807) is 0 Å². The SMILES string of the molecule is CN(c1ccc(-c2ccccc2)cc1)c1ccc(-c2ncncn2)cc1. The van der Waals surface area contributed by atoms with Crippen molar-refractivity contribution in [3.8, 4) is 22.5 Å². The molecule has 0 atom stereocenters. The minimum Gasteiger partial charge on any atom is -0.345 e. The fourth-order valence-corrected chi connectivity index (χ4v) is 2.88. The molecule has 0 aliphatic rings. The summed E-state index contributed by atoms with van der Waals surface area (Å²) in [7, 11) is 2.06. The first kappa shape index (κ1) is 16.0. The lowest BCUT2D eigenvalue weighted by Gasteiger charge is -2.20. The van der Waals surface area contributed by atoms with Crippen molar-refractivity contribution in [1.29, 1.82) is 0 Å². The molecule has 0 N–H and O–H groups in total. The Morgan fingerprint density at radius 2 is 1.08 bits per heavy atom. The molecule has 0 unspecified atom stereocenters. The molecule has 26 heavy (non-hydrogen) atoms. The van der Waals surface area contributed by atoms with Gasteiger partial charge in [0.2, 0.25) is 0 Å². The second-order valence-electron chi connectivity index (χ2n) is 5.98. The van der Waals surface area contributed by atoms with Crippen LogP contribution in [-0.2, 0) is 0 Å². The molecule has 4 heteroatoms. The van der Waals surface area contributed by atoms with Crippen LogP contribution in [0.1, 0.15) is 0 Å². The Kier molecular flexibility index (Phi) is 4.39. The maximum absolute atomic E-state index is 4.18. The van der Waals surface area contributed by atoms with Crippen LogP contribution in [0.2, 0.25) is 0 Å². The van der Waals surface area contributed by atoms with Crippen LogP contribution in [0.4, 0.5) is 11.4 Å². The third kappa shape index (κ3) is 3.30. The average Bonchev–Trinajstić information content (AvgIpc) is 2.75. The first-order valence-electron chi connectivity index (χ1n) is 8.43. The van der Waals surface area contributed by atoms with Crippen molar-refractivity contribution < 1.29 is 0 Å². The predicted molar refractivity (Wildman–Crippen MR) is 105 cm³/mol.